The summed E-state index contributed by atoms with van der Waals surface area (Å²) in [6.45, 7) is 2.52. The van der Waals surface area contributed by atoms with E-state index in [4.69, 9.17) is 9.15 Å². The Morgan fingerprint density at radius 1 is 1.42 bits per heavy atom. The first-order valence-corrected chi connectivity index (χ1v) is 6.59. The predicted octanol–water partition coefficient (Wildman–Crippen LogP) is 1.39. The number of fused-ring (bicyclic) bond motifs is 1. The normalized spacial score (nSPS) is 17.5. The molecule has 1 saturated heterocycles. The molecular weight excluding hydrogens is 244 g/mol. The molecule has 0 saturated carbocycles. The van der Waals surface area contributed by atoms with Crippen molar-refractivity contribution in [3.05, 3.63) is 34.3 Å². The Balaban J connectivity index is 1.90. The number of oxazole rings is 1. The molecule has 1 fully saturated rings. The third-order valence-corrected chi connectivity index (χ3v) is 3.87. The summed E-state index contributed by atoms with van der Waals surface area (Å²) in [6, 6.07) is 5.92. The van der Waals surface area contributed by atoms with E-state index in [1.165, 1.54) is 5.56 Å². The van der Waals surface area contributed by atoms with E-state index in [0.29, 0.717) is 5.58 Å². The Labute approximate surface area is 111 Å². The lowest BCUT2D eigenvalue weighted by molar-refractivity contribution is -0.0650. The van der Waals surface area contributed by atoms with Gasteiger partial charge in [0.15, 0.2) is 5.58 Å². The molecule has 19 heavy (non-hydrogen) atoms. The van der Waals surface area contributed by atoms with Crippen molar-refractivity contribution in [3.8, 4) is 0 Å². The minimum atomic E-state index is -0.402. The van der Waals surface area contributed by atoms with E-state index < -0.39 is 5.76 Å². The van der Waals surface area contributed by atoms with E-state index >= 15 is 0 Å². The van der Waals surface area contributed by atoms with Gasteiger partial charge in [-0.15, -0.1) is 0 Å². The summed E-state index contributed by atoms with van der Waals surface area (Å²) in [5.74, 6) is -0.402. The van der Waals surface area contributed by atoms with Crippen LogP contribution in [0.1, 0.15) is 18.4 Å². The summed E-state index contributed by atoms with van der Waals surface area (Å²) in [7, 11) is 1.96. The summed E-state index contributed by atoms with van der Waals surface area (Å²) in [6.07, 6.45) is 2.20. The fraction of sp³-hybridized carbons (Fsp3) is 0.500. The van der Waals surface area contributed by atoms with Crippen LogP contribution in [0, 0.1) is 0 Å². The van der Waals surface area contributed by atoms with Gasteiger partial charge in [-0.1, -0.05) is 6.07 Å². The smallest absolute Gasteiger partial charge is 0.408 e. The lowest BCUT2D eigenvalue weighted by Gasteiger charge is -2.42. The Kier molecular flexibility index (Phi) is 3.16. The van der Waals surface area contributed by atoms with E-state index in [2.05, 4.69) is 10.3 Å². The number of nitrogens with one attached hydrogen (secondary N) is 2. The average molecular weight is 262 g/mol. The van der Waals surface area contributed by atoms with Crippen molar-refractivity contribution in [3.63, 3.8) is 0 Å². The van der Waals surface area contributed by atoms with Gasteiger partial charge in [0.05, 0.1) is 18.7 Å². The van der Waals surface area contributed by atoms with Crippen LogP contribution in [-0.4, -0.2) is 31.8 Å². The van der Waals surface area contributed by atoms with E-state index in [1.54, 1.807) is 0 Å². The predicted molar refractivity (Wildman–Crippen MR) is 72.5 cm³/mol. The Morgan fingerprint density at radius 2 is 2.26 bits per heavy atom. The van der Waals surface area contributed by atoms with Gasteiger partial charge in [0.1, 0.15) is 0 Å². The quantitative estimate of drug-likeness (QED) is 0.799. The second kappa shape index (κ2) is 4.83. The van der Waals surface area contributed by atoms with E-state index in [9.17, 15) is 4.79 Å². The molecule has 1 aliphatic rings. The first kappa shape index (κ1) is 12.4. The van der Waals surface area contributed by atoms with Crippen LogP contribution in [0.15, 0.2) is 27.4 Å². The fourth-order valence-corrected chi connectivity index (χ4v) is 2.69. The summed E-state index contributed by atoms with van der Waals surface area (Å²) < 4.78 is 10.5. The molecule has 1 aromatic carbocycles. The lowest BCUT2D eigenvalue weighted by atomic mass is 9.75. The Hall–Kier alpha value is -1.59. The summed E-state index contributed by atoms with van der Waals surface area (Å²) in [4.78, 5) is 13.9. The molecule has 0 aliphatic carbocycles. The molecule has 0 amide bonds. The molecule has 2 N–H and O–H groups in total. The molecule has 2 aromatic rings. The molecule has 5 nitrogen and oxygen atoms in total. The lowest BCUT2D eigenvalue weighted by Crippen LogP contribution is -2.47. The first-order chi connectivity index (χ1) is 9.23. The zero-order chi connectivity index (χ0) is 13.3. The molecule has 102 valence electrons. The van der Waals surface area contributed by atoms with Crippen LogP contribution in [-0.2, 0) is 10.2 Å². The summed E-state index contributed by atoms with van der Waals surface area (Å²) >= 11 is 0. The summed E-state index contributed by atoms with van der Waals surface area (Å²) in [5.41, 5.74) is 2.69. The SMILES string of the molecule is CNCCCC1(c2ccc3oc(=O)[nH]c3c2)COC1. The summed E-state index contributed by atoms with van der Waals surface area (Å²) in [5, 5.41) is 3.17. The molecule has 0 radical (unpaired) electrons. The molecular formula is C14H18N2O3. The van der Waals surface area contributed by atoms with Crippen LogP contribution < -0.4 is 11.1 Å². The van der Waals surface area contributed by atoms with Crippen LogP contribution in [0.3, 0.4) is 0 Å². The van der Waals surface area contributed by atoms with Gasteiger partial charge in [-0.2, -0.15) is 0 Å². The van der Waals surface area contributed by atoms with Crippen LogP contribution >= 0.6 is 0 Å². The third kappa shape index (κ3) is 2.19. The highest BCUT2D eigenvalue weighted by molar-refractivity contribution is 5.73. The van der Waals surface area contributed by atoms with Crippen molar-refractivity contribution >= 4 is 11.1 Å². The van der Waals surface area contributed by atoms with Crippen molar-refractivity contribution < 1.29 is 9.15 Å². The molecule has 1 aliphatic heterocycles. The van der Waals surface area contributed by atoms with E-state index in [0.717, 1.165) is 38.1 Å². The molecule has 0 atom stereocenters. The maximum Gasteiger partial charge on any atom is 0.417 e. The van der Waals surface area contributed by atoms with Gasteiger partial charge >= 0.3 is 5.76 Å². The molecule has 0 unspecified atom stereocenters. The highest BCUT2D eigenvalue weighted by Gasteiger charge is 2.39. The molecule has 2 heterocycles. The molecule has 1 aromatic heterocycles. The van der Waals surface area contributed by atoms with E-state index in [1.807, 2.05) is 25.2 Å². The maximum absolute atomic E-state index is 11.2. The standard InChI is InChI=1S/C14H18N2O3/c1-15-6-2-5-14(8-18-9-14)10-3-4-12-11(7-10)16-13(17)19-12/h3-4,7,15H,2,5-6,8-9H2,1H3,(H,16,17). The first-order valence-electron chi connectivity index (χ1n) is 6.59. The second-order valence-electron chi connectivity index (χ2n) is 5.21. The monoisotopic (exact) mass is 262 g/mol. The number of rotatable bonds is 5. The van der Waals surface area contributed by atoms with Crippen LogP contribution in [0.5, 0.6) is 0 Å². The zero-order valence-electron chi connectivity index (χ0n) is 11.0. The number of hydrogen-bond donors (Lipinski definition) is 2. The molecule has 0 spiro atoms. The molecule has 3 rings (SSSR count). The van der Waals surface area contributed by atoms with Crippen LogP contribution in [0.2, 0.25) is 0 Å². The molecule has 0 bridgehead atoms. The number of ether oxygens (including phenoxy) is 1. The van der Waals surface area contributed by atoms with Gasteiger partial charge in [0.2, 0.25) is 0 Å². The number of benzene rings is 1. The van der Waals surface area contributed by atoms with Gasteiger partial charge in [-0.05, 0) is 44.1 Å². The Morgan fingerprint density at radius 3 is 2.95 bits per heavy atom. The van der Waals surface area contributed by atoms with Crippen molar-refractivity contribution in [1.82, 2.24) is 10.3 Å². The topological polar surface area (TPSA) is 67.3 Å². The zero-order valence-corrected chi connectivity index (χ0v) is 11.0. The maximum atomic E-state index is 11.2. The third-order valence-electron chi connectivity index (χ3n) is 3.87. The molecule has 5 heteroatoms. The van der Waals surface area contributed by atoms with Crippen LogP contribution in [0.4, 0.5) is 0 Å². The highest BCUT2D eigenvalue weighted by atomic mass is 16.5. The minimum Gasteiger partial charge on any atom is -0.408 e. The van der Waals surface area contributed by atoms with Gasteiger partial charge in [-0.25, -0.2) is 4.79 Å². The fourth-order valence-electron chi connectivity index (χ4n) is 2.69. The number of hydrogen-bond acceptors (Lipinski definition) is 4. The second-order valence-corrected chi connectivity index (χ2v) is 5.21. The van der Waals surface area contributed by atoms with Gasteiger partial charge in [0, 0.05) is 5.41 Å². The number of aromatic amines is 1. The van der Waals surface area contributed by atoms with E-state index in [-0.39, 0.29) is 5.41 Å². The highest BCUT2D eigenvalue weighted by Crippen LogP contribution is 2.37. The van der Waals surface area contributed by atoms with Crippen molar-refractivity contribution in [1.29, 1.82) is 0 Å². The van der Waals surface area contributed by atoms with Gasteiger partial charge in [-0.3, -0.25) is 4.98 Å². The number of H-pyrrole nitrogens is 1. The largest absolute Gasteiger partial charge is 0.417 e. The minimum absolute atomic E-state index is 0.0964. The van der Waals surface area contributed by atoms with Crippen molar-refractivity contribution in [2.24, 2.45) is 0 Å². The van der Waals surface area contributed by atoms with Crippen LogP contribution in [0.25, 0.3) is 11.1 Å². The Bertz CT molecular complexity index is 625. The van der Waals surface area contributed by atoms with Crippen molar-refractivity contribution in [2.75, 3.05) is 26.8 Å². The number of aromatic nitrogens is 1. The van der Waals surface area contributed by atoms with Gasteiger partial charge in [0.25, 0.3) is 0 Å². The van der Waals surface area contributed by atoms with Crippen molar-refractivity contribution in [2.45, 2.75) is 18.3 Å². The van der Waals surface area contributed by atoms with Gasteiger partial charge < -0.3 is 14.5 Å². The average Bonchev–Trinajstić information content (AvgIpc) is 2.71.